The third-order valence-electron chi connectivity index (χ3n) is 3.89. The van der Waals surface area contributed by atoms with Crippen molar-refractivity contribution >= 4 is 11.8 Å². The quantitative estimate of drug-likeness (QED) is 0.755. The van der Waals surface area contributed by atoms with Crippen molar-refractivity contribution in [1.29, 1.82) is 0 Å². The highest BCUT2D eigenvalue weighted by molar-refractivity contribution is 5.89. The van der Waals surface area contributed by atoms with Crippen LogP contribution < -0.4 is 10.6 Å². The van der Waals surface area contributed by atoms with Gasteiger partial charge in [0.1, 0.15) is 6.04 Å². The molecule has 2 saturated heterocycles. The molecular weight excluding hydrogens is 230 g/mol. The van der Waals surface area contributed by atoms with Gasteiger partial charge < -0.3 is 10.6 Å². The van der Waals surface area contributed by atoms with Crippen molar-refractivity contribution in [3.63, 3.8) is 0 Å². The first-order valence-electron chi connectivity index (χ1n) is 6.90. The lowest BCUT2D eigenvalue weighted by atomic mass is 10.1. The smallest absolute Gasteiger partial charge is 0.242 e. The number of nitrogens with one attached hydrogen (secondary N) is 2. The molecule has 0 aliphatic carbocycles. The molecule has 0 bridgehead atoms. The average molecular weight is 253 g/mol. The van der Waals surface area contributed by atoms with Gasteiger partial charge in [-0.25, -0.2) is 0 Å². The van der Waals surface area contributed by atoms with E-state index in [1.165, 1.54) is 6.42 Å². The van der Waals surface area contributed by atoms with Gasteiger partial charge in [0.2, 0.25) is 11.8 Å². The zero-order valence-electron chi connectivity index (χ0n) is 11.2. The maximum absolute atomic E-state index is 12.0. The molecule has 102 valence electrons. The zero-order valence-corrected chi connectivity index (χ0v) is 11.2. The van der Waals surface area contributed by atoms with E-state index in [2.05, 4.69) is 29.4 Å². The SMILES string of the molecule is CC(C)N1CCC[C@H]1CC(=O)NC1CCNC1=O. The Kier molecular flexibility index (Phi) is 4.22. The maximum Gasteiger partial charge on any atom is 0.242 e. The number of rotatable bonds is 4. The van der Waals surface area contributed by atoms with Crippen LogP contribution in [0.15, 0.2) is 0 Å². The molecule has 1 unspecified atom stereocenters. The van der Waals surface area contributed by atoms with Crippen LogP contribution in [0.25, 0.3) is 0 Å². The number of hydrogen-bond acceptors (Lipinski definition) is 3. The van der Waals surface area contributed by atoms with Gasteiger partial charge in [-0.1, -0.05) is 0 Å². The Bertz CT molecular complexity index is 330. The number of carbonyl (C=O) groups is 2. The summed E-state index contributed by atoms with van der Waals surface area (Å²) in [6, 6.07) is 0.515. The minimum atomic E-state index is -0.314. The molecule has 5 nitrogen and oxygen atoms in total. The summed E-state index contributed by atoms with van der Waals surface area (Å²) in [6.07, 6.45) is 3.48. The second kappa shape index (κ2) is 5.69. The van der Waals surface area contributed by atoms with Crippen LogP contribution in [0.5, 0.6) is 0 Å². The second-order valence-corrected chi connectivity index (χ2v) is 5.53. The molecule has 0 aromatic carbocycles. The van der Waals surface area contributed by atoms with Crippen molar-refractivity contribution in [1.82, 2.24) is 15.5 Å². The monoisotopic (exact) mass is 253 g/mol. The van der Waals surface area contributed by atoms with E-state index < -0.39 is 0 Å². The first-order chi connectivity index (χ1) is 8.58. The summed E-state index contributed by atoms with van der Waals surface area (Å²) in [4.78, 5) is 25.7. The number of likely N-dealkylation sites (tertiary alicyclic amines) is 1. The van der Waals surface area contributed by atoms with Crippen LogP contribution in [0.3, 0.4) is 0 Å². The molecule has 18 heavy (non-hydrogen) atoms. The van der Waals surface area contributed by atoms with E-state index in [0.29, 0.717) is 31.5 Å². The Labute approximate surface area is 108 Å². The van der Waals surface area contributed by atoms with Crippen LogP contribution >= 0.6 is 0 Å². The lowest BCUT2D eigenvalue weighted by Crippen LogP contribution is -2.44. The van der Waals surface area contributed by atoms with Crippen LogP contribution in [-0.4, -0.2) is 47.9 Å². The van der Waals surface area contributed by atoms with E-state index in [0.717, 1.165) is 13.0 Å². The predicted octanol–water partition coefficient (Wildman–Crippen LogP) is 0.254. The molecule has 2 heterocycles. The number of carbonyl (C=O) groups excluding carboxylic acids is 2. The highest BCUT2D eigenvalue weighted by Crippen LogP contribution is 2.22. The van der Waals surface area contributed by atoms with Crippen LogP contribution in [0, 0.1) is 0 Å². The lowest BCUT2D eigenvalue weighted by Gasteiger charge is -2.28. The summed E-state index contributed by atoms with van der Waals surface area (Å²) in [6.45, 7) is 6.09. The van der Waals surface area contributed by atoms with Gasteiger partial charge in [-0.15, -0.1) is 0 Å². The minimum Gasteiger partial charge on any atom is -0.354 e. The van der Waals surface area contributed by atoms with Crippen molar-refractivity contribution in [2.24, 2.45) is 0 Å². The Hall–Kier alpha value is -1.10. The molecule has 2 N–H and O–H groups in total. The van der Waals surface area contributed by atoms with Crippen molar-refractivity contribution in [2.45, 2.75) is 57.7 Å². The molecule has 2 aliphatic heterocycles. The fraction of sp³-hybridized carbons (Fsp3) is 0.846. The topological polar surface area (TPSA) is 61.4 Å². The van der Waals surface area contributed by atoms with Crippen molar-refractivity contribution in [3.05, 3.63) is 0 Å². The molecule has 2 fully saturated rings. The number of hydrogen-bond donors (Lipinski definition) is 2. The van der Waals surface area contributed by atoms with E-state index in [4.69, 9.17) is 0 Å². The summed E-state index contributed by atoms with van der Waals surface area (Å²) < 4.78 is 0. The van der Waals surface area contributed by atoms with Gasteiger partial charge in [0.05, 0.1) is 0 Å². The summed E-state index contributed by atoms with van der Waals surface area (Å²) in [5, 5.41) is 5.57. The van der Waals surface area contributed by atoms with Crippen molar-refractivity contribution in [3.8, 4) is 0 Å². The normalized spacial score (nSPS) is 28.7. The van der Waals surface area contributed by atoms with Gasteiger partial charge in [0, 0.05) is 25.0 Å². The van der Waals surface area contributed by atoms with Gasteiger partial charge in [-0.2, -0.15) is 0 Å². The van der Waals surface area contributed by atoms with Crippen LogP contribution in [0.2, 0.25) is 0 Å². The van der Waals surface area contributed by atoms with Crippen molar-refractivity contribution < 1.29 is 9.59 Å². The van der Waals surface area contributed by atoms with Gasteiger partial charge in [-0.3, -0.25) is 14.5 Å². The highest BCUT2D eigenvalue weighted by atomic mass is 16.2. The molecule has 2 rings (SSSR count). The van der Waals surface area contributed by atoms with Crippen LogP contribution in [-0.2, 0) is 9.59 Å². The van der Waals surface area contributed by atoms with E-state index in [1.54, 1.807) is 0 Å². The van der Waals surface area contributed by atoms with E-state index in [1.807, 2.05) is 0 Å². The van der Waals surface area contributed by atoms with E-state index in [-0.39, 0.29) is 17.9 Å². The first kappa shape index (κ1) is 13.3. The molecule has 2 aliphatic rings. The number of amides is 2. The summed E-state index contributed by atoms with van der Waals surface area (Å²) in [5.41, 5.74) is 0. The molecule has 2 atom stereocenters. The molecule has 0 aromatic heterocycles. The van der Waals surface area contributed by atoms with Crippen molar-refractivity contribution in [2.75, 3.05) is 13.1 Å². The Morgan fingerprint density at radius 2 is 2.28 bits per heavy atom. The average Bonchev–Trinajstić information content (AvgIpc) is 2.89. The predicted molar refractivity (Wildman–Crippen MR) is 69.0 cm³/mol. The minimum absolute atomic E-state index is 0.00889. The Balaban J connectivity index is 1.81. The lowest BCUT2D eigenvalue weighted by molar-refractivity contribution is -0.128. The van der Waals surface area contributed by atoms with Gasteiger partial charge in [0.25, 0.3) is 0 Å². The van der Waals surface area contributed by atoms with Gasteiger partial charge in [0.15, 0.2) is 0 Å². The third kappa shape index (κ3) is 3.02. The molecule has 5 heteroatoms. The first-order valence-corrected chi connectivity index (χ1v) is 6.90. The number of nitrogens with zero attached hydrogens (tertiary/aromatic N) is 1. The molecular formula is C13H23N3O2. The second-order valence-electron chi connectivity index (χ2n) is 5.53. The van der Waals surface area contributed by atoms with Crippen LogP contribution in [0.4, 0.5) is 0 Å². The Morgan fingerprint density at radius 3 is 2.89 bits per heavy atom. The third-order valence-corrected chi connectivity index (χ3v) is 3.89. The molecule has 2 amide bonds. The van der Waals surface area contributed by atoms with Gasteiger partial charge >= 0.3 is 0 Å². The fourth-order valence-corrected chi connectivity index (χ4v) is 2.96. The van der Waals surface area contributed by atoms with Crippen LogP contribution in [0.1, 0.15) is 39.5 Å². The molecule has 0 radical (unpaired) electrons. The fourth-order valence-electron chi connectivity index (χ4n) is 2.96. The van der Waals surface area contributed by atoms with Gasteiger partial charge in [-0.05, 0) is 39.7 Å². The molecule has 0 aromatic rings. The highest BCUT2D eigenvalue weighted by Gasteiger charge is 2.30. The Morgan fingerprint density at radius 1 is 1.50 bits per heavy atom. The summed E-state index contributed by atoms with van der Waals surface area (Å²) in [7, 11) is 0. The van der Waals surface area contributed by atoms with E-state index >= 15 is 0 Å². The summed E-state index contributed by atoms with van der Waals surface area (Å²) in [5.74, 6) is -0.0370. The maximum atomic E-state index is 12.0. The zero-order chi connectivity index (χ0) is 13.1. The molecule has 0 spiro atoms. The largest absolute Gasteiger partial charge is 0.354 e. The summed E-state index contributed by atoms with van der Waals surface area (Å²) >= 11 is 0. The standard InChI is InChI=1S/C13H23N3O2/c1-9(2)16-7-3-4-10(16)8-12(17)15-11-5-6-14-13(11)18/h9-11H,3-8H2,1-2H3,(H,14,18)(H,15,17)/t10-,11?/m0/s1. The van der Waals surface area contributed by atoms with E-state index in [9.17, 15) is 9.59 Å². The molecule has 0 saturated carbocycles.